The normalized spacial score (nSPS) is 11.2. The molecule has 1 N–H and O–H groups in total. The minimum atomic E-state index is -4.80. The largest absolute Gasteiger partial charge is 0.573 e. The molecule has 1 rings (SSSR count). The van der Waals surface area contributed by atoms with Crippen LogP contribution in [0.5, 0.6) is 5.75 Å². The zero-order chi connectivity index (χ0) is 12.3. The van der Waals surface area contributed by atoms with Gasteiger partial charge in [0.15, 0.2) is 0 Å². The fourth-order valence-electron chi connectivity index (χ4n) is 1.06. The van der Waals surface area contributed by atoms with Crippen molar-refractivity contribution in [2.45, 2.75) is 12.8 Å². The van der Waals surface area contributed by atoms with Crippen molar-refractivity contribution in [1.29, 1.82) is 0 Å². The van der Waals surface area contributed by atoms with E-state index in [1.54, 1.807) is 0 Å². The van der Waals surface area contributed by atoms with Crippen LogP contribution in [0.25, 0.3) is 0 Å². The lowest BCUT2D eigenvalue weighted by molar-refractivity contribution is -0.274. The van der Waals surface area contributed by atoms with Crippen LogP contribution in [0.1, 0.15) is 5.56 Å². The SMILES string of the molecule is O=C(O)Cc1cccc(OC(F)(F)F)c1Br. The van der Waals surface area contributed by atoms with Crippen molar-refractivity contribution >= 4 is 21.9 Å². The first-order valence-corrected chi connectivity index (χ1v) is 4.84. The summed E-state index contributed by atoms with van der Waals surface area (Å²) in [5, 5.41) is 8.53. The summed E-state index contributed by atoms with van der Waals surface area (Å²) in [5.41, 5.74) is 0.217. The fraction of sp³-hybridized carbons (Fsp3) is 0.222. The highest BCUT2D eigenvalue weighted by molar-refractivity contribution is 9.10. The molecule has 0 atom stereocenters. The van der Waals surface area contributed by atoms with Crippen molar-refractivity contribution < 1.29 is 27.8 Å². The molecule has 0 aromatic heterocycles. The summed E-state index contributed by atoms with van der Waals surface area (Å²) < 4.78 is 39.6. The second-order valence-corrected chi connectivity index (χ2v) is 3.64. The van der Waals surface area contributed by atoms with Crippen molar-refractivity contribution in [3.63, 3.8) is 0 Å². The van der Waals surface area contributed by atoms with Gasteiger partial charge in [0.05, 0.1) is 10.9 Å². The highest BCUT2D eigenvalue weighted by atomic mass is 79.9. The maximum atomic E-state index is 12.0. The first-order valence-electron chi connectivity index (χ1n) is 4.04. The maximum absolute atomic E-state index is 12.0. The van der Waals surface area contributed by atoms with Crippen LogP contribution >= 0.6 is 15.9 Å². The Kier molecular flexibility index (Phi) is 3.79. The standard InChI is InChI=1S/C9H6BrF3O3/c10-8-5(4-7(14)15)2-1-3-6(8)16-9(11,12)13/h1-3H,4H2,(H,14,15). The van der Waals surface area contributed by atoms with Crippen molar-refractivity contribution in [1.82, 2.24) is 0 Å². The fourth-order valence-corrected chi connectivity index (χ4v) is 1.54. The van der Waals surface area contributed by atoms with Gasteiger partial charge in [-0.05, 0) is 27.6 Å². The number of aliphatic carboxylic acids is 1. The molecule has 0 aliphatic carbocycles. The van der Waals surface area contributed by atoms with Gasteiger partial charge in [-0.3, -0.25) is 4.79 Å². The zero-order valence-corrected chi connectivity index (χ0v) is 9.30. The highest BCUT2D eigenvalue weighted by Crippen LogP contribution is 2.33. The number of carboxylic acids is 1. The molecule has 0 unspecified atom stereocenters. The lowest BCUT2D eigenvalue weighted by Crippen LogP contribution is -2.17. The molecule has 0 radical (unpaired) electrons. The van der Waals surface area contributed by atoms with Crippen LogP contribution in [0.2, 0.25) is 0 Å². The third kappa shape index (κ3) is 3.73. The van der Waals surface area contributed by atoms with E-state index in [0.717, 1.165) is 6.07 Å². The molecule has 0 aliphatic heterocycles. The van der Waals surface area contributed by atoms with Gasteiger partial charge in [-0.1, -0.05) is 12.1 Å². The average molecular weight is 299 g/mol. The van der Waals surface area contributed by atoms with Gasteiger partial charge in [-0.15, -0.1) is 13.2 Å². The molecule has 16 heavy (non-hydrogen) atoms. The summed E-state index contributed by atoms with van der Waals surface area (Å²) >= 11 is 2.87. The molecule has 88 valence electrons. The smallest absolute Gasteiger partial charge is 0.481 e. The topological polar surface area (TPSA) is 46.5 Å². The van der Waals surface area contributed by atoms with E-state index < -0.39 is 18.1 Å². The van der Waals surface area contributed by atoms with E-state index in [0.29, 0.717) is 0 Å². The minimum absolute atomic E-state index is 0.00488. The molecule has 0 fully saturated rings. The maximum Gasteiger partial charge on any atom is 0.573 e. The third-order valence-corrected chi connectivity index (χ3v) is 2.51. The molecule has 3 nitrogen and oxygen atoms in total. The van der Waals surface area contributed by atoms with Crippen molar-refractivity contribution in [2.24, 2.45) is 0 Å². The van der Waals surface area contributed by atoms with Gasteiger partial charge in [0, 0.05) is 0 Å². The Balaban J connectivity index is 2.99. The Morgan fingerprint density at radius 2 is 2.06 bits per heavy atom. The van der Waals surface area contributed by atoms with Gasteiger partial charge in [-0.25, -0.2) is 0 Å². The van der Waals surface area contributed by atoms with E-state index in [2.05, 4.69) is 20.7 Å². The van der Waals surface area contributed by atoms with Gasteiger partial charge < -0.3 is 9.84 Å². The van der Waals surface area contributed by atoms with E-state index in [1.807, 2.05) is 0 Å². The zero-order valence-electron chi connectivity index (χ0n) is 7.71. The van der Waals surface area contributed by atoms with E-state index in [1.165, 1.54) is 12.1 Å². The first kappa shape index (κ1) is 12.8. The Morgan fingerprint density at radius 3 is 2.56 bits per heavy atom. The Bertz CT molecular complexity index is 403. The van der Waals surface area contributed by atoms with Crippen LogP contribution < -0.4 is 4.74 Å². The molecule has 0 bridgehead atoms. The molecule has 0 saturated heterocycles. The average Bonchev–Trinajstić information content (AvgIpc) is 2.09. The van der Waals surface area contributed by atoms with Crippen molar-refractivity contribution in [2.75, 3.05) is 0 Å². The first-order chi connectivity index (χ1) is 7.29. The van der Waals surface area contributed by atoms with Crippen LogP contribution in [0.4, 0.5) is 13.2 Å². The number of hydrogen-bond donors (Lipinski definition) is 1. The van der Waals surface area contributed by atoms with E-state index in [-0.39, 0.29) is 16.5 Å². The number of carbonyl (C=O) groups is 1. The minimum Gasteiger partial charge on any atom is -0.481 e. The molecule has 0 aliphatic rings. The van der Waals surface area contributed by atoms with Gasteiger partial charge in [0.2, 0.25) is 0 Å². The van der Waals surface area contributed by atoms with Crippen LogP contribution in [-0.4, -0.2) is 17.4 Å². The summed E-state index contributed by atoms with van der Waals surface area (Å²) in [6.07, 6.45) is -5.18. The van der Waals surface area contributed by atoms with E-state index in [9.17, 15) is 18.0 Å². The lowest BCUT2D eigenvalue weighted by atomic mass is 10.1. The Morgan fingerprint density at radius 1 is 1.44 bits per heavy atom. The van der Waals surface area contributed by atoms with E-state index in [4.69, 9.17) is 5.11 Å². The summed E-state index contributed by atoms with van der Waals surface area (Å²) in [4.78, 5) is 10.4. The highest BCUT2D eigenvalue weighted by Gasteiger charge is 2.32. The second-order valence-electron chi connectivity index (χ2n) is 2.85. The van der Waals surface area contributed by atoms with Crippen molar-refractivity contribution in [3.8, 4) is 5.75 Å². The summed E-state index contributed by atoms with van der Waals surface area (Å²) in [7, 11) is 0. The number of hydrogen-bond acceptors (Lipinski definition) is 2. The van der Waals surface area contributed by atoms with Crippen molar-refractivity contribution in [3.05, 3.63) is 28.2 Å². The number of halogens is 4. The second kappa shape index (κ2) is 4.73. The summed E-state index contributed by atoms with van der Waals surface area (Å²) in [6, 6.07) is 3.80. The molecule has 1 aromatic rings. The Labute approximate surface area is 97.0 Å². The predicted octanol–water partition coefficient (Wildman–Crippen LogP) is 2.97. The van der Waals surface area contributed by atoms with Crippen LogP contribution in [0, 0.1) is 0 Å². The van der Waals surface area contributed by atoms with Gasteiger partial charge >= 0.3 is 12.3 Å². The monoisotopic (exact) mass is 298 g/mol. The molecule has 0 amide bonds. The summed E-state index contributed by atoms with van der Waals surface area (Å²) in [6.45, 7) is 0. The van der Waals surface area contributed by atoms with Crippen LogP contribution in [0.15, 0.2) is 22.7 Å². The number of carboxylic acid groups (broad SMARTS) is 1. The number of rotatable bonds is 3. The van der Waals surface area contributed by atoms with Crippen LogP contribution in [-0.2, 0) is 11.2 Å². The van der Waals surface area contributed by atoms with Gasteiger partial charge in [0.25, 0.3) is 0 Å². The van der Waals surface area contributed by atoms with Gasteiger partial charge in [-0.2, -0.15) is 0 Å². The number of benzene rings is 1. The quantitative estimate of drug-likeness (QED) is 0.933. The van der Waals surface area contributed by atoms with Crippen LogP contribution in [0.3, 0.4) is 0 Å². The molecule has 0 saturated carbocycles. The molecule has 1 aromatic carbocycles. The lowest BCUT2D eigenvalue weighted by Gasteiger charge is -2.12. The molecular formula is C9H6BrF3O3. The van der Waals surface area contributed by atoms with Gasteiger partial charge in [0.1, 0.15) is 5.75 Å². The number of ether oxygens (including phenoxy) is 1. The molecular weight excluding hydrogens is 293 g/mol. The molecule has 7 heteroatoms. The van der Waals surface area contributed by atoms with E-state index >= 15 is 0 Å². The summed E-state index contributed by atoms with van der Waals surface area (Å²) in [5.74, 6) is -1.59. The molecule has 0 spiro atoms. The third-order valence-electron chi connectivity index (χ3n) is 1.61. The predicted molar refractivity (Wildman–Crippen MR) is 52.2 cm³/mol. The number of alkyl halides is 3. The Hall–Kier alpha value is -1.24. The molecule has 0 heterocycles.